The van der Waals surface area contributed by atoms with Crippen molar-refractivity contribution in [2.75, 3.05) is 0 Å². The molecule has 0 bridgehead atoms. The van der Waals surface area contributed by atoms with Crippen LogP contribution in [0.2, 0.25) is 10.4 Å². The lowest BCUT2D eigenvalue weighted by atomic mass is 9.82. The predicted octanol–water partition coefficient (Wildman–Crippen LogP) is 3.67. The minimum atomic E-state index is 0.0594. The minimum Gasteiger partial charge on any atom is -0.358 e. The number of nitrogens with one attached hydrogen (secondary N) is 1. The predicted molar refractivity (Wildman–Crippen MR) is 88.5 cm³/mol. The maximum Gasteiger partial charge on any atom is 0.224 e. The summed E-state index contributed by atoms with van der Waals surface area (Å²) in [6.07, 6.45) is 1.67. The summed E-state index contributed by atoms with van der Waals surface area (Å²) in [4.78, 5) is 11.8. The highest BCUT2D eigenvalue weighted by atomic mass is 35.5. The lowest BCUT2D eigenvalue weighted by molar-refractivity contribution is 0.519. The second-order valence-electron chi connectivity index (χ2n) is 5.70. The number of H-pyrrole nitrogens is 1. The number of hydrogen-bond donors (Lipinski definition) is 2. The Hall–Kier alpha value is -1.62. The van der Waals surface area contributed by atoms with Crippen LogP contribution in [-0.4, -0.2) is 21.0 Å². The van der Waals surface area contributed by atoms with Crippen molar-refractivity contribution in [2.24, 2.45) is 5.73 Å². The Morgan fingerprint density at radius 2 is 2.00 bits per heavy atom. The lowest BCUT2D eigenvalue weighted by Gasteiger charge is -2.27. The summed E-state index contributed by atoms with van der Waals surface area (Å²) < 4.78 is 0. The van der Waals surface area contributed by atoms with E-state index in [1.807, 2.05) is 12.1 Å². The Morgan fingerprint density at radius 3 is 2.82 bits per heavy atom. The largest absolute Gasteiger partial charge is 0.358 e. The van der Waals surface area contributed by atoms with E-state index in [9.17, 15) is 0 Å². The number of benzene rings is 1. The normalized spacial score (nSPS) is 21.0. The molecule has 1 aliphatic carbocycles. The molecule has 1 aromatic carbocycles. The first-order valence-electron chi connectivity index (χ1n) is 7.17. The molecular weight excluding hydrogens is 319 g/mol. The van der Waals surface area contributed by atoms with Gasteiger partial charge in [0, 0.05) is 28.6 Å². The Balaban J connectivity index is 1.92. The van der Waals surface area contributed by atoms with Crippen LogP contribution in [0.5, 0.6) is 0 Å². The number of aromatic amines is 1. The quantitative estimate of drug-likeness (QED) is 0.527. The fourth-order valence-corrected chi connectivity index (χ4v) is 3.78. The van der Waals surface area contributed by atoms with Gasteiger partial charge in [0.15, 0.2) is 0 Å². The van der Waals surface area contributed by atoms with Gasteiger partial charge in [-0.15, -0.1) is 0 Å². The number of fused-ring (bicyclic) bond motifs is 3. The number of hydrogen-bond acceptors (Lipinski definition) is 3. The first kappa shape index (κ1) is 14.0. The van der Waals surface area contributed by atoms with E-state index in [2.05, 4.69) is 27.1 Å². The third kappa shape index (κ3) is 2.28. The minimum absolute atomic E-state index is 0.0594. The molecule has 2 unspecified atom stereocenters. The molecule has 0 spiro atoms. The van der Waals surface area contributed by atoms with Crippen molar-refractivity contribution >= 4 is 34.1 Å². The molecule has 112 valence electrons. The van der Waals surface area contributed by atoms with E-state index in [1.54, 1.807) is 6.07 Å². The summed E-state index contributed by atoms with van der Waals surface area (Å²) in [5.74, 6) is 0.0594. The average molecular weight is 333 g/mol. The van der Waals surface area contributed by atoms with Crippen LogP contribution in [0.1, 0.15) is 29.3 Å². The van der Waals surface area contributed by atoms with Gasteiger partial charge in [0.1, 0.15) is 5.15 Å². The summed E-state index contributed by atoms with van der Waals surface area (Å²) in [5, 5.41) is 1.75. The van der Waals surface area contributed by atoms with E-state index in [1.165, 1.54) is 10.9 Å². The van der Waals surface area contributed by atoms with E-state index in [-0.39, 0.29) is 17.2 Å². The van der Waals surface area contributed by atoms with Crippen LogP contribution in [0, 0.1) is 0 Å². The van der Waals surface area contributed by atoms with Gasteiger partial charge in [-0.05, 0) is 42.1 Å². The number of nitrogens with zero attached hydrogens (tertiary/aromatic N) is 2. The Kier molecular flexibility index (Phi) is 3.33. The van der Waals surface area contributed by atoms with Crippen molar-refractivity contribution in [3.05, 3.63) is 57.7 Å². The zero-order valence-electron chi connectivity index (χ0n) is 11.7. The zero-order valence-corrected chi connectivity index (χ0v) is 13.2. The van der Waals surface area contributed by atoms with Crippen LogP contribution in [0.3, 0.4) is 0 Å². The molecule has 3 N–H and O–H groups in total. The molecule has 0 amide bonds. The standard InChI is InChI=1S/C16H14Cl2N4/c17-14-7-13(21-16(18)22-14)11-6-8(19)5-10-9-3-1-2-4-12(9)20-15(10)11/h1-4,7-8,11,20H,5-6,19H2. The van der Waals surface area contributed by atoms with Crippen molar-refractivity contribution in [1.29, 1.82) is 0 Å². The number of halogens is 2. The molecule has 3 aromatic rings. The average Bonchev–Trinajstić information content (AvgIpc) is 2.84. The van der Waals surface area contributed by atoms with Crippen LogP contribution in [0.4, 0.5) is 0 Å². The molecule has 4 rings (SSSR count). The van der Waals surface area contributed by atoms with E-state index in [0.29, 0.717) is 5.15 Å². The van der Waals surface area contributed by atoms with Crippen LogP contribution < -0.4 is 5.73 Å². The molecule has 2 aromatic heterocycles. The van der Waals surface area contributed by atoms with Gasteiger partial charge in [0.25, 0.3) is 0 Å². The van der Waals surface area contributed by atoms with Gasteiger partial charge in [0.2, 0.25) is 5.28 Å². The molecular formula is C16H14Cl2N4. The highest BCUT2D eigenvalue weighted by Crippen LogP contribution is 2.39. The summed E-state index contributed by atoms with van der Waals surface area (Å²) in [5.41, 5.74) is 10.6. The smallest absolute Gasteiger partial charge is 0.224 e. The van der Waals surface area contributed by atoms with Crippen LogP contribution >= 0.6 is 23.2 Å². The molecule has 2 atom stereocenters. The Morgan fingerprint density at radius 1 is 1.18 bits per heavy atom. The van der Waals surface area contributed by atoms with Crippen molar-refractivity contribution in [2.45, 2.75) is 24.8 Å². The van der Waals surface area contributed by atoms with E-state index >= 15 is 0 Å². The number of para-hydroxylation sites is 1. The number of nitrogens with two attached hydrogens (primary N) is 1. The lowest BCUT2D eigenvalue weighted by Crippen LogP contribution is -2.31. The van der Waals surface area contributed by atoms with Gasteiger partial charge in [-0.3, -0.25) is 0 Å². The SMILES string of the molecule is NC1Cc2c([nH]c3ccccc23)C(c2cc(Cl)nc(Cl)n2)C1. The summed E-state index contributed by atoms with van der Waals surface area (Å²) >= 11 is 12.0. The van der Waals surface area contributed by atoms with Gasteiger partial charge < -0.3 is 10.7 Å². The third-order valence-electron chi connectivity index (χ3n) is 4.24. The summed E-state index contributed by atoms with van der Waals surface area (Å²) in [7, 11) is 0. The van der Waals surface area contributed by atoms with Gasteiger partial charge in [-0.1, -0.05) is 29.8 Å². The van der Waals surface area contributed by atoms with Crippen LogP contribution in [0.25, 0.3) is 10.9 Å². The molecule has 0 fully saturated rings. The molecule has 0 aliphatic heterocycles. The van der Waals surface area contributed by atoms with Crippen molar-refractivity contribution in [3.8, 4) is 0 Å². The second kappa shape index (κ2) is 5.23. The van der Waals surface area contributed by atoms with Crippen LogP contribution in [-0.2, 0) is 6.42 Å². The van der Waals surface area contributed by atoms with Gasteiger partial charge in [-0.25, -0.2) is 9.97 Å². The van der Waals surface area contributed by atoms with Gasteiger partial charge in [0.05, 0.1) is 5.69 Å². The summed E-state index contributed by atoms with van der Waals surface area (Å²) in [6, 6.07) is 10.1. The van der Waals surface area contributed by atoms with Crippen molar-refractivity contribution in [1.82, 2.24) is 15.0 Å². The van der Waals surface area contributed by atoms with Crippen molar-refractivity contribution < 1.29 is 0 Å². The fraction of sp³-hybridized carbons (Fsp3) is 0.250. The molecule has 1 aliphatic rings. The Bertz CT molecular complexity index is 838. The molecule has 4 nitrogen and oxygen atoms in total. The Labute approximate surface area is 137 Å². The second-order valence-corrected chi connectivity index (χ2v) is 6.43. The monoisotopic (exact) mass is 332 g/mol. The summed E-state index contributed by atoms with van der Waals surface area (Å²) in [6.45, 7) is 0. The third-order valence-corrected chi connectivity index (χ3v) is 4.61. The molecule has 0 radical (unpaired) electrons. The number of rotatable bonds is 1. The first-order valence-corrected chi connectivity index (χ1v) is 7.92. The van der Waals surface area contributed by atoms with Gasteiger partial charge in [-0.2, -0.15) is 0 Å². The van der Waals surface area contributed by atoms with Crippen molar-refractivity contribution in [3.63, 3.8) is 0 Å². The van der Waals surface area contributed by atoms with E-state index < -0.39 is 0 Å². The fourth-order valence-electron chi connectivity index (χ4n) is 3.36. The molecule has 6 heteroatoms. The number of aromatic nitrogens is 3. The zero-order chi connectivity index (χ0) is 15.3. The van der Waals surface area contributed by atoms with E-state index in [4.69, 9.17) is 28.9 Å². The first-order chi connectivity index (χ1) is 10.6. The van der Waals surface area contributed by atoms with Gasteiger partial charge >= 0.3 is 0 Å². The highest BCUT2D eigenvalue weighted by Gasteiger charge is 2.30. The molecule has 0 saturated heterocycles. The molecule has 2 heterocycles. The van der Waals surface area contributed by atoms with Crippen LogP contribution in [0.15, 0.2) is 30.3 Å². The van der Waals surface area contributed by atoms with E-state index in [0.717, 1.165) is 29.7 Å². The topological polar surface area (TPSA) is 67.6 Å². The maximum absolute atomic E-state index is 6.28. The maximum atomic E-state index is 6.28. The highest BCUT2D eigenvalue weighted by molar-refractivity contribution is 6.31. The molecule has 22 heavy (non-hydrogen) atoms. The molecule has 0 saturated carbocycles.